The molecular formula is C36H34N2O6. The molecular weight excluding hydrogens is 556 g/mol. The lowest BCUT2D eigenvalue weighted by Gasteiger charge is -2.45. The van der Waals surface area contributed by atoms with Crippen LogP contribution in [0.15, 0.2) is 103 Å². The van der Waals surface area contributed by atoms with E-state index in [9.17, 15) is 19.5 Å². The van der Waals surface area contributed by atoms with Gasteiger partial charge in [0.05, 0.1) is 7.11 Å². The number of carboxylic acid groups (broad SMARTS) is 1. The molecule has 1 aliphatic carbocycles. The van der Waals surface area contributed by atoms with E-state index < -0.39 is 29.6 Å². The van der Waals surface area contributed by atoms with Gasteiger partial charge in [-0.05, 0) is 58.4 Å². The van der Waals surface area contributed by atoms with E-state index in [4.69, 9.17) is 9.47 Å². The second-order valence-electron chi connectivity index (χ2n) is 11.4. The minimum absolute atomic E-state index is 0.0721. The number of amides is 2. The van der Waals surface area contributed by atoms with Crippen LogP contribution in [-0.4, -0.2) is 53.3 Å². The van der Waals surface area contributed by atoms with E-state index >= 15 is 0 Å². The molecule has 0 unspecified atom stereocenters. The molecule has 1 heterocycles. The minimum atomic E-state index is -1.39. The molecule has 2 atom stereocenters. The van der Waals surface area contributed by atoms with Gasteiger partial charge in [-0.25, -0.2) is 9.59 Å². The van der Waals surface area contributed by atoms with Crippen LogP contribution < -0.4 is 10.1 Å². The van der Waals surface area contributed by atoms with Crippen LogP contribution in [0, 0.1) is 0 Å². The molecule has 2 N–H and O–H groups in total. The highest BCUT2D eigenvalue weighted by Crippen LogP contribution is 2.44. The molecule has 8 heteroatoms. The molecule has 224 valence electrons. The van der Waals surface area contributed by atoms with Gasteiger partial charge in [0.1, 0.15) is 23.9 Å². The van der Waals surface area contributed by atoms with Crippen LogP contribution in [0.5, 0.6) is 5.75 Å². The van der Waals surface area contributed by atoms with E-state index in [0.29, 0.717) is 5.75 Å². The van der Waals surface area contributed by atoms with Crippen LogP contribution in [0.2, 0.25) is 0 Å². The fraction of sp³-hybridized carbons (Fsp3) is 0.250. The maximum atomic E-state index is 14.4. The summed E-state index contributed by atoms with van der Waals surface area (Å²) in [5.74, 6) is -1.02. The standard InChI is InChI=1S/C36H34N2O6/c1-43-26-17-15-25(16-18-26)22-38-32(33(39)40)19-20-36(34(38)41,21-24-9-3-2-4-10-24)37-35(42)44-23-31-29-13-7-5-11-27(29)28-12-6-8-14-30(28)31/h2-18,31-32H,19-23H2,1H3,(H,37,42)(H,39,40)/t32-,36+/m1/s1. The summed E-state index contributed by atoms with van der Waals surface area (Å²) in [5, 5.41) is 13.0. The summed E-state index contributed by atoms with van der Waals surface area (Å²) in [4.78, 5) is 41.6. The maximum absolute atomic E-state index is 14.4. The number of fused-ring (bicyclic) bond motifs is 3. The second kappa shape index (κ2) is 12.2. The van der Waals surface area contributed by atoms with E-state index in [2.05, 4.69) is 17.4 Å². The summed E-state index contributed by atoms with van der Waals surface area (Å²) in [5.41, 5.74) is 4.62. The van der Waals surface area contributed by atoms with Crippen molar-refractivity contribution in [2.75, 3.05) is 13.7 Å². The van der Waals surface area contributed by atoms with Crippen molar-refractivity contribution in [1.82, 2.24) is 10.2 Å². The molecule has 2 aliphatic rings. The van der Waals surface area contributed by atoms with Gasteiger partial charge in [-0.3, -0.25) is 4.79 Å². The maximum Gasteiger partial charge on any atom is 0.408 e. The number of methoxy groups -OCH3 is 1. The third-order valence-electron chi connectivity index (χ3n) is 8.72. The van der Waals surface area contributed by atoms with E-state index in [0.717, 1.165) is 33.4 Å². The Balaban J connectivity index is 1.26. The van der Waals surface area contributed by atoms with Crippen molar-refractivity contribution in [1.29, 1.82) is 0 Å². The second-order valence-corrected chi connectivity index (χ2v) is 11.4. The van der Waals surface area contributed by atoms with Crippen molar-refractivity contribution in [3.05, 3.63) is 125 Å². The predicted octanol–water partition coefficient (Wildman–Crippen LogP) is 5.79. The van der Waals surface area contributed by atoms with Gasteiger partial charge in [0.15, 0.2) is 0 Å². The fourth-order valence-electron chi connectivity index (χ4n) is 6.53. The summed E-state index contributed by atoms with van der Waals surface area (Å²) in [6, 6.07) is 31.7. The van der Waals surface area contributed by atoms with Gasteiger partial charge in [-0.2, -0.15) is 0 Å². The summed E-state index contributed by atoms with van der Waals surface area (Å²) < 4.78 is 11.1. The number of hydrogen-bond acceptors (Lipinski definition) is 5. The van der Waals surface area contributed by atoms with Crippen molar-refractivity contribution >= 4 is 18.0 Å². The molecule has 4 aromatic rings. The van der Waals surface area contributed by atoms with Crippen molar-refractivity contribution in [2.24, 2.45) is 0 Å². The van der Waals surface area contributed by atoms with Crippen molar-refractivity contribution < 1.29 is 29.0 Å². The van der Waals surface area contributed by atoms with Gasteiger partial charge in [-0.1, -0.05) is 91.0 Å². The van der Waals surface area contributed by atoms with Gasteiger partial charge in [-0.15, -0.1) is 0 Å². The molecule has 4 aromatic carbocycles. The molecule has 0 saturated carbocycles. The Bertz CT molecular complexity index is 1630. The number of carbonyl (C=O) groups is 3. The Labute approximate surface area is 256 Å². The van der Waals surface area contributed by atoms with E-state index in [1.165, 1.54) is 4.90 Å². The fourth-order valence-corrected chi connectivity index (χ4v) is 6.53. The number of carboxylic acids is 1. The molecule has 0 aromatic heterocycles. The van der Waals surface area contributed by atoms with Gasteiger partial charge in [0.2, 0.25) is 5.91 Å². The first-order valence-corrected chi connectivity index (χ1v) is 14.7. The van der Waals surface area contributed by atoms with Crippen LogP contribution >= 0.6 is 0 Å². The van der Waals surface area contributed by atoms with Crippen LogP contribution in [0.4, 0.5) is 4.79 Å². The zero-order valence-electron chi connectivity index (χ0n) is 24.4. The number of nitrogens with zero attached hydrogens (tertiary/aromatic N) is 1. The number of rotatable bonds is 9. The largest absolute Gasteiger partial charge is 0.497 e. The molecule has 1 fully saturated rings. The highest BCUT2D eigenvalue weighted by Gasteiger charge is 2.50. The quantitative estimate of drug-likeness (QED) is 0.256. The first-order chi connectivity index (χ1) is 21.4. The van der Waals surface area contributed by atoms with Crippen molar-refractivity contribution in [2.45, 2.75) is 43.3 Å². The number of nitrogens with one attached hydrogen (secondary N) is 1. The first-order valence-electron chi connectivity index (χ1n) is 14.7. The van der Waals surface area contributed by atoms with Crippen LogP contribution in [0.3, 0.4) is 0 Å². The molecule has 44 heavy (non-hydrogen) atoms. The van der Waals surface area contributed by atoms with E-state index in [1.54, 1.807) is 31.4 Å². The molecule has 2 amide bonds. The number of aliphatic carboxylic acids is 1. The van der Waals surface area contributed by atoms with Gasteiger partial charge < -0.3 is 24.8 Å². The van der Waals surface area contributed by atoms with E-state index in [1.807, 2.05) is 66.7 Å². The number of hydrogen-bond donors (Lipinski definition) is 2. The number of carbonyl (C=O) groups excluding carboxylic acids is 2. The summed E-state index contributed by atoms with van der Waals surface area (Å²) in [6.07, 6.45) is -0.189. The molecule has 1 saturated heterocycles. The van der Waals surface area contributed by atoms with Gasteiger partial charge in [0, 0.05) is 18.9 Å². The topological polar surface area (TPSA) is 105 Å². The Hall–Kier alpha value is -5.11. The zero-order valence-corrected chi connectivity index (χ0v) is 24.4. The number of likely N-dealkylation sites (tertiary alicyclic amines) is 1. The molecule has 0 spiro atoms. The Morgan fingerprint density at radius 3 is 2.09 bits per heavy atom. The summed E-state index contributed by atoms with van der Waals surface area (Å²) in [6.45, 7) is 0.172. The lowest BCUT2D eigenvalue weighted by Crippen LogP contribution is -2.67. The highest BCUT2D eigenvalue weighted by molar-refractivity contribution is 5.94. The van der Waals surface area contributed by atoms with Crippen LogP contribution in [0.1, 0.15) is 41.0 Å². The Morgan fingerprint density at radius 1 is 0.864 bits per heavy atom. The average Bonchev–Trinajstić information content (AvgIpc) is 3.36. The normalized spacial score (nSPS) is 19.2. The SMILES string of the molecule is COc1ccc(CN2C(=O)[C@](Cc3ccccc3)(NC(=O)OCC3c4ccccc4-c4ccccc43)CC[C@@H]2C(=O)O)cc1. The van der Waals surface area contributed by atoms with Crippen molar-refractivity contribution in [3.63, 3.8) is 0 Å². The van der Waals surface area contributed by atoms with E-state index in [-0.39, 0.29) is 38.3 Å². The summed E-state index contributed by atoms with van der Waals surface area (Å²) >= 11 is 0. The smallest absolute Gasteiger partial charge is 0.408 e. The predicted molar refractivity (Wildman–Crippen MR) is 165 cm³/mol. The monoisotopic (exact) mass is 590 g/mol. The number of benzene rings is 4. The lowest BCUT2D eigenvalue weighted by molar-refractivity contribution is -0.158. The average molecular weight is 591 g/mol. The minimum Gasteiger partial charge on any atom is -0.497 e. The first kappa shape index (κ1) is 29.0. The summed E-state index contributed by atoms with van der Waals surface area (Å²) in [7, 11) is 1.57. The molecule has 1 aliphatic heterocycles. The number of piperidine rings is 1. The zero-order chi connectivity index (χ0) is 30.7. The molecule has 0 bridgehead atoms. The third kappa shape index (κ3) is 5.63. The highest BCUT2D eigenvalue weighted by atomic mass is 16.5. The number of alkyl carbamates (subject to hydrolysis) is 1. The van der Waals surface area contributed by atoms with Gasteiger partial charge >= 0.3 is 12.1 Å². The van der Waals surface area contributed by atoms with Crippen LogP contribution in [-0.2, 0) is 27.3 Å². The molecule has 6 rings (SSSR count). The van der Waals surface area contributed by atoms with Crippen molar-refractivity contribution in [3.8, 4) is 16.9 Å². The Morgan fingerprint density at radius 2 is 1.48 bits per heavy atom. The molecule has 8 nitrogen and oxygen atoms in total. The van der Waals surface area contributed by atoms with Gasteiger partial charge in [0.25, 0.3) is 0 Å². The third-order valence-corrected chi connectivity index (χ3v) is 8.72. The number of ether oxygens (including phenoxy) is 2. The Kier molecular flexibility index (Phi) is 8.07. The van der Waals surface area contributed by atoms with Crippen LogP contribution in [0.25, 0.3) is 11.1 Å². The molecule has 0 radical (unpaired) electrons. The lowest BCUT2D eigenvalue weighted by atomic mass is 9.79.